The molecular weight excluding hydrogens is 236 g/mol. The molecule has 3 nitrogen and oxygen atoms in total. The van der Waals surface area contributed by atoms with Crippen molar-refractivity contribution >= 4 is 12.1 Å². The molecular formula is C16H20N2O. The minimum atomic E-state index is -0.0751. The molecule has 0 spiro atoms. The highest BCUT2D eigenvalue weighted by Gasteiger charge is 2.04. The molecule has 1 aromatic rings. The molecule has 0 aliphatic heterocycles. The van der Waals surface area contributed by atoms with Crippen LogP contribution in [0.25, 0.3) is 0 Å². The highest BCUT2D eigenvalue weighted by Crippen LogP contribution is 2.00. The Hall–Kier alpha value is -2.16. The van der Waals surface area contributed by atoms with Gasteiger partial charge < -0.3 is 5.32 Å². The molecule has 0 heterocycles. The number of carbonyl (C=O) groups excluding carboxylic acids is 1. The largest absolute Gasteiger partial charge is 0.352 e. The van der Waals surface area contributed by atoms with Crippen LogP contribution in [0.3, 0.4) is 0 Å². The van der Waals surface area contributed by atoms with Gasteiger partial charge in [0.1, 0.15) is 0 Å². The van der Waals surface area contributed by atoms with Gasteiger partial charge >= 0.3 is 0 Å². The molecule has 0 saturated heterocycles. The molecule has 19 heavy (non-hydrogen) atoms. The van der Waals surface area contributed by atoms with Crippen molar-refractivity contribution in [3.63, 3.8) is 0 Å². The molecule has 1 amide bonds. The predicted octanol–water partition coefficient (Wildman–Crippen LogP) is 2.55. The Morgan fingerprint density at radius 2 is 2.05 bits per heavy atom. The first-order valence-electron chi connectivity index (χ1n) is 6.35. The van der Waals surface area contributed by atoms with Crippen LogP contribution in [0.1, 0.15) is 12.5 Å². The van der Waals surface area contributed by atoms with Crippen LogP contribution in [-0.4, -0.2) is 25.7 Å². The number of hydrogen-bond acceptors (Lipinski definition) is 2. The second kappa shape index (κ2) is 8.86. The Morgan fingerprint density at radius 3 is 2.68 bits per heavy atom. The maximum atomic E-state index is 11.9. The van der Waals surface area contributed by atoms with Crippen molar-refractivity contribution in [3.8, 4) is 0 Å². The first-order chi connectivity index (χ1) is 9.27. The van der Waals surface area contributed by atoms with Gasteiger partial charge in [0.15, 0.2) is 0 Å². The lowest BCUT2D eigenvalue weighted by Gasteiger charge is -2.05. The third-order valence-corrected chi connectivity index (χ3v) is 2.55. The van der Waals surface area contributed by atoms with Crippen molar-refractivity contribution < 1.29 is 4.79 Å². The van der Waals surface area contributed by atoms with Crippen molar-refractivity contribution in [3.05, 3.63) is 59.7 Å². The summed E-state index contributed by atoms with van der Waals surface area (Å²) in [5.74, 6) is -0.0751. The van der Waals surface area contributed by atoms with Gasteiger partial charge in [0.2, 0.25) is 0 Å². The lowest BCUT2D eigenvalue weighted by atomic mass is 10.1. The SMILES string of the molecule is C/C=C\C(=C/C=NC)C(=O)NCCc1ccccc1. The van der Waals surface area contributed by atoms with Crippen molar-refractivity contribution in [1.82, 2.24) is 5.32 Å². The van der Waals surface area contributed by atoms with Crippen molar-refractivity contribution in [2.75, 3.05) is 13.6 Å². The van der Waals surface area contributed by atoms with E-state index < -0.39 is 0 Å². The zero-order valence-electron chi connectivity index (χ0n) is 11.5. The number of carbonyl (C=O) groups is 1. The zero-order valence-corrected chi connectivity index (χ0v) is 11.5. The number of nitrogens with one attached hydrogen (secondary N) is 1. The maximum absolute atomic E-state index is 11.9. The summed E-state index contributed by atoms with van der Waals surface area (Å²) >= 11 is 0. The van der Waals surface area contributed by atoms with E-state index in [9.17, 15) is 4.79 Å². The fourth-order valence-corrected chi connectivity index (χ4v) is 1.61. The van der Waals surface area contributed by atoms with Crippen LogP contribution >= 0.6 is 0 Å². The van der Waals surface area contributed by atoms with Gasteiger partial charge in [0.25, 0.3) is 5.91 Å². The molecule has 0 aliphatic rings. The molecule has 0 aliphatic carbocycles. The normalized spacial score (nSPS) is 12.2. The molecule has 0 saturated carbocycles. The quantitative estimate of drug-likeness (QED) is 0.474. The minimum absolute atomic E-state index is 0.0751. The number of hydrogen-bond donors (Lipinski definition) is 1. The number of benzene rings is 1. The van der Waals surface area contributed by atoms with Crippen LogP contribution in [0.2, 0.25) is 0 Å². The van der Waals surface area contributed by atoms with Gasteiger partial charge in [-0.1, -0.05) is 42.5 Å². The fourth-order valence-electron chi connectivity index (χ4n) is 1.61. The van der Waals surface area contributed by atoms with Crippen LogP contribution in [0.5, 0.6) is 0 Å². The van der Waals surface area contributed by atoms with Crippen LogP contribution in [-0.2, 0) is 11.2 Å². The molecule has 0 bridgehead atoms. The molecule has 100 valence electrons. The maximum Gasteiger partial charge on any atom is 0.251 e. The first kappa shape index (κ1) is 14.9. The van der Waals surface area contributed by atoms with E-state index in [-0.39, 0.29) is 5.91 Å². The van der Waals surface area contributed by atoms with E-state index >= 15 is 0 Å². The van der Waals surface area contributed by atoms with Crippen LogP contribution in [0, 0.1) is 0 Å². The number of amides is 1. The topological polar surface area (TPSA) is 41.5 Å². The van der Waals surface area contributed by atoms with Gasteiger partial charge in [-0.15, -0.1) is 0 Å². The third-order valence-electron chi connectivity index (χ3n) is 2.55. The van der Waals surface area contributed by atoms with E-state index in [0.29, 0.717) is 12.1 Å². The van der Waals surface area contributed by atoms with E-state index in [1.54, 1.807) is 25.4 Å². The zero-order chi connectivity index (χ0) is 13.9. The fraction of sp³-hybridized carbons (Fsp3) is 0.250. The van der Waals surface area contributed by atoms with E-state index in [1.165, 1.54) is 5.56 Å². The smallest absolute Gasteiger partial charge is 0.251 e. The third kappa shape index (κ3) is 5.82. The van der Waals surface area contributed by atoms with E-state index in [2.05, 4.69) is 22.4 Å². The molecule has 0 fully saturated rings. The summed E-state index contributed by atoms with van der Waals surface area (Å²) in [4.78, 5) is 15.8. The van der Waals surface area contributed by atoms with Gasteiger partial charge in [-0.05, 0) is 25.0 Å². The van der Waals surface area contributed by atoms with Crippen LogP contribution < -0.4 is 5.32 Å². The Kier molecular flexibility index (Phi) is 6.95. The second-order valence-electron chi connectivity index (χ2n) is 4.02. The number of rotatable bonds is 6. The van der Waals surface area contributed by atoms with Crippen LogP contribution in [0.15, 0.2) is 59.1 Å². The van der Waals surface area contributed by atoms with Crippen molar-refractivity contribution in [2.24, 2.45) is 4.99 Å². The summed E-state index contributed by atoms with van der Waals surface area (Å²) in [6.07, 6.45) is 7.77. The van der Waals surface area contributed by atoms with Gasteiger partial charge in [0, 0.05) is 25.4 Å². The van der Waals surface area contributed by atoms with Crippen LogP contribution in [0.4, 0.5) is 0 Å². The van der Waals surface area contributed by atoms with E-state index in [4.69, 9.17) is 0 Å². The Labute approximate surface area is 114 Å². The standard InChI is InChI=1S/C16H20N2O/c1-3-7-15(11-12-17-2)16(19)18-13-10-14-8-5-4-6-9-14/h3-9,11-12H,10,13H2,1-2H3,(H,18,19)/b7-3-,15-11+,17-12?. The first-order valence-corrected chi connectivity index (χ1v) is 6.35. The van der Waals surface area contributed by atoms with Crippen molar-refractivity contribution in [2.45, 2.75) is 13.3 Å². The second-order valence-corrected chi connectivity index (χ2v) is 4.02. The highest BCUT2D eigenvalue weighted by atomic mass is 16.1. The Morgan fingerprint density at radius 1 is 1.32 bits per heavy atom. The molecule has 1 aromatic carbocycles. The number of nitrogens with zero attached hydrogens (tertiary/aromatic N) is 1. The molecule has 0 aromatic heterocycles. The minimum Gasteiger partial charge on any atom is -0.352 e. The summed E-state index contributed by atoms with van der Waals surface area (Å²) in [6, 6.07) is 10.1. The molecule has 1 N–H and O–H groups in total. The summed E-state index contributed by atoms with van der Waals surface area (Å²) < 4.78 is 0. The Bertz CT molecular complexity index is 473. The van der Waals surface area contributed by atoms with E-state index in [0.717, 1.165) is 6.42 Å². The monoisotopic (exact) mass is 256 g/mol. The molecule has 0 unspecified atom stereocenters. The lowest BCUT2D eigenvalue weighted by molar-refractivity contribution is -0.117. The average molecular weight is 256 g/mol. The predicted molar refractivity (Wildman–Crippen MR) is 80.5 cm³/mol. The van der Waals surface area contributed by atoms with E-state index in [1.807, 2.05) is 31.2 Å². The summed E-state index contributed by atoms with van der Waals surface area (Å²) in [5.41, 5.74) is 1.83. The van der Waals surface area contributed by atoms with Gasteiger partial charge in [-0.2, -0.15) is 0 Å². The molecule has 3 heteroatoms. The highest BCUT2D eigenvalue weighted by molar-refractivity contribution is 5.99. The number of allylic oxidation sites excluding steroid dienone is 2. The molecule has 0 atom stereocenters. The Balaban J connectivity index is 2.49. The number of aliphatic imine (C=N–C) groups is 1. The summed E-state index contributed by atoms with van der Waals surface area (Å²) in [5, 5.41) is 2.90. The van der Waals surface area contributed by atoms with Crippen molar-refractivity contribution in [1.29, 1.82) is 0 Å². The lowest BCUT2D eigenvalue weighted by Crippen LogP contribution is -2.26. The van der Waals surface area contributed by atoms with Gasteiger partial charge in [-0.25, -0.2) is 0 Å². The van der Waals surface area contributed by atoms with Gasteiger partial charge in [0.05, 0.1) is 0 Å². The summed E-state index contributed by atoms with van der Waals surface area (Å²) in [6.45, 7) is 2.51. The average Bonchev–Trinajstić information content (AvgIpc) is 2.44. The molecule has 1 rings (SSSR count). The van der Waals surface area contributed by atoms with Gasteiger partial charge in [-0.3, -0.25) is 9.79 Å². The molecule has 0 radical (unpaired) electrons. The summed E-state index contributed by atoms with van der Waals surface area (Å²) in [7, 11) is 1.68.